The Kier molecular flexibility index (Phi) is 2.58. The summed E-state index contributed by atoms with van der Waals surface area (Å²) in [6.07, 6.45) is 3.24. The van der Waals surface area contributed by atoms with Crippen LogP contribution in [-0.2, 0) is 4.79 Å². The summed E-state index contributed by atoms with van der Waals surface area (Å²) in [5.74, 6) is 1.13. The SMILES string of the molecule is CC(C)(CC(=O)CCl)C1CC1. The maximum Gasteiger partial charge on any atom is 0.148 e. The standard InChI is InChI=1S/C9H15ClO/c1-9(2,7-3-4-7)5-8(11)6-10/h7H,3-6H2,1-2H3. The van der Waals surface area contributed by atoms with E-state index in [1.807, 2.05) is 0 Å². The molecule has 1 saturated carbocycles. The van der Waals surface area contributed by atoms with E-state index >= 15 is 0 Å². The molecule has 1 aliphatic carbocycles. The van der Waals surface area contributed by atoms with E-state index in [1.54, 1.807) is 0 Å². The lowest BCUT2D eigenvalue weighted by atomic mass is 9.82. The minimum atomic E-state index is 0.177. The zero-order valence-corrected chi connectivity index (χ0v) is 7.95. The molecule has 0 heterocycles. The molecule has 0 spiro atoms. The molecule has 1 aliphatic rings. The number of rotatable bonds is 4. The van der Waals surface area contributed by atoms with Gasteiger partial charge >= 0.3 is 0 Å². The number of Topliss-reactive ketones (excluding diaryl/α,β-unsaturated/α-hetero) is 1. The number of alkyl halides is 1. The fraction of sp³-hybridized carbons (Fsp3) is 0.889. The number of carbonyl (C=O) groups excluding carboxylic acids is 1. The molecule has 11 heavy (non-hydrogen) atoms. The first-order valence-electron chi connectivity index (χ1n) is 4.14. The van der Waals surface area contributed by atoms with Crippen LogP contribution in [-0.4, -0.2) is 11.7 Å². The summed E-state index contributed by atoms with van der Waals surface area (Å²) in [6, 6.07) is 0. The Morgan fingerprint density at radius 3 is 2.45 bits per heavy atom. The highest BCUT2D eigenvalue weighted by Crippen LogP contribution is 2.47. The second kappa shape index (κ2) is 3.14. The van der Waals surface area contributed by atoms with Crippen LogP contribution in [0.25, 0.3) is 0 Å². The third-order valence-corrected chi connectivity index (χ3v) is 2.78. The maximum atomic E-state index is 11.0. The van der Waals surface area contributed by atoms with Crippen LogP contribution in [0.3, 0.4) is 0 Å². The molecule has 0 aromatic carbocycles. The van der Waals surface area contributed by atoms with E-state index in [9.17, 15) is 4.79 Å². The second-order valence-corrected chi connectivity index (χ2v) is 4.38. The van der Waals surface area contributed by atoms with Crippen molar-refractivity contribution >= 4 is 17.4 Å². The fourth-order valence-corrected chi connectivity index (χ4v) is 1.66. The van der Waals surface area contributed by atoms with Gasteiger partial charge in [0.15, 0.2) is 0 Å². The molecule has 0 amide bonds. The molecule has 0 aromatic heterocycles. The highest BCUT2D eigenvalue weighted by Gasteiger charge is 2.38. The lowest BCUT2D eigenvalue weighted by molar-refractivity contribution is -0.118. The predicted octanol–water partition coefficient (Wildman–Crippen LogP) is 2.62. The monoisotopic (exact) mass is 174 g/mol. The van der Waals surface area contributed by atoms with E-state index in [4.69, 9.17) is 11.6 Å². The topological polar surface area (TPSA) is 17.1 Å². The molecule has 1 nitrogen and oxygen atoms in total. The molecule has 0 radical (unpaired) electrons. The van der Waals surface area contributed by atoms with Gasteiger partial charge in [0, 0.05) is 6.42 Å². The Morgan fingerprint density at radius 1 is 1.55 bits per heavy atom. The average Bonchev–Trinajstić information content (AvgIpc) is 2.66. The third kappa shape index (κ3) is 2.48. The number of hydrogen-bond acceptors (Lipinski definition) is 1. The molecular formula is C9H15ClO. The molecular weight excluding hydrogens is 160 g/mol. The molecule has 0 saturated heterocycles. The van der Waals surface area contributed by atoms with E-state index in [0.717, 1.165) is 5.92 Å². The highest BCUT2D eigenvalue weighted by atomic mass is 35.5. The summed E-state index contributed by atoms with van der Waals surface area (Å²) >= 11 is 5.43. The highest BCUT2D eigenvalue weighted by molar-refractivity contribution is 6.27. The van der Waals surface area contributed by atoms with Gasteiger partial charge in [-0.2, -0.15) is 0 Å². The van der Waals surface area contributed by atoms with Gasteiger partial charge in [0.05, 0.1) is 5.88 Å². The summed E-state index contributed by atoms with van der Waals surface area (Å²) < 4.78 is 0. The van der Waals surface area contributed by atoms with Gasteiger partial charge < -0.3 is 0 Å². The smallest absolute Gasteiger partial charge is 0.148 e. The molecule has 1 fully saturated rings. The van der Waals surface area contributed by atoms with Crippen molar-refractivity contribution in [3.63, 3.8) is 0 Å². The molecule has 0 aromatic rings. The minimum Gasteiger partial charge on any atom is -0.298 e. The van der Waals surface area contributed by atoms with Crippen LogP contribution in [0.1, 0.15) is 33.1 Å². The van der Waals surface area contributed by atoms with Gasteiger partial charge in [-0.25, -0.2) is 0 Å². The van der Waals surface area contributed by atoms with Crippen molar-refractivity contribution in [1.82, 2.24) is 0 Å². The van der Waals surface area contributed by atoms with Crippen LogP contribution in [0, 0.1) is 11.3 Å². The number of ketones is 1. The van der Waals surface area contributed by atoms with Gasteiger partial charge in [-0.1, -0.05) is 13.8 Å². The zero-order chi connectivity index (χ0) is 8.48. The Bertz CT molecular complexity index is 159. The fourth-order valence-electron chi connectivity index (χ4n) is 1.56. The Balaban J connectivity index is 2.38. The average molecular weight is 175 g/mol. The summed E-state index contributed by atoms with van der Waals surface area (Å²) in [5, 5.41) is 0. The van der Waals surface area contributed by atoms with Gasteiger partial charge in [0.2, 0.25) is 0 Å². The maximum absolute atomic E-state index is 11.0. The van der Waals surface area contributed by atoms with Crippen molar-refractivity contribution in [3.05, 3.63) is 0 Å². The van der Waals surface area contributed by atoms with Gasteiger partial charge in [0.25, 0.3) is 0 Å². The Labute approximate surface area is 73.1 Å². The van der Waals surface area contributed by atoms with Crippen molar-refractivity contribution in [1.29, 1.82) is 0 Å². The first kappa shape index (κ1) is 9.05. The number of hydrogen-bond donors (Lipinski definition) is 0. The lowest BCUT2D eigenvalue weighted by Gasteiger charge is -2.22. The van der Waals surface area contributed by atoms with Crippen LogP contribution < -0.4 is 0 Å². The Hall–Kier alpha value is -0.0400. The number of carbonyl (C=O) groups is 1. The van der Waals surface area contributed by atoms with Gasteiger partial charge in [-0.15, -0.1) is 11.6 Å². The quantitative estimate of drug-likeness (QED) is 0.599. The van der Waals surface area contributed by atoms with E-state index in [-0.39, 0.29) is 17.1 Å². The minimum absolute atomic E-state index is 0.177. The van der Waals surface area contributed by atoms with Crippen LogP contribution in [0.4, 0.5) is 0 Å². The molecule has 0 aliphatic heterocycles. The molecule has 0 unspecified atom stereocenters. The van der Waals surface area contributed by atoms with Crippen LogP contribution in [0.2, 0.25) is 0 Å². The van der Waals surface area contributed by atoms with E-state index < -0.39 is 0 Å². The predicted molar refractivity (Wildman–Crippen MR) is 46.8 cm³/mol. The van der Waals surface area contributed by atoms with Crippen LogP contribution >= 0.6 is 11.6 Å². The van der Waals surface area contributed by atoms with E-state index in [0.29, 0.717) is 6.42 Å². The molecule has 1 rings (SSSR count). The molecule has 0 bridgehead atoms. The van der Waals surface area contributed by atoms with Crippen LogP contribution in [0.5, 0.6) is 0 Å². The molecule has 0 N–H and O–H groups in total. The first-order valence-corrected chi connectivity index (χ1v) is 4.67. The Morgan fingerprint density at radius 2 is 2.09 bits per heavy atom. The summed E-state index contributed by atoms with van der Waals surface area (Å²) in [6.45, 7) is 4.32. The van der Waals surface area contributed by atoms with Crippen molar-refractivity contribution in [2.75, 3.05) is 5.88 Å². The zero-order valence-electron chi connectivity index (χ0n) is 7.19. The number of halogens is 1. The third-order valence-electron chi connectivity index (χ3n) is 2.48. The second-order valence-electron chi connectivity index (χ2n) is 4.11. The van der Waals surface area contributed by atoms with Crippen molar-refractivity contribution in [2.24, 2.45) is 11.3 Å². The normalized spacial score (nSPS) is 18.5. The van der Waals surface area contributed by atoms with Crippen molar-refractivity contribution < 1.29 is 4.79 Å². The van der Waals surface area contributed by atoms with Crippen molar-refractivity contribution in [3.8, 4) is 0 Å². The molecule has 0 atom stereocenters. The molecule has 2 heteroatoms. The van der Waals surface area contributed by atoms with E-state index in [2.05, 4.69) is 13.8 Å². The van der Waals surface area contributed by atoms with Gasteiger partial charge in [0.1, 0.15) is 5.78 Å². The summed E-state index contributed by atoms with van der Waals surface area (Å²) in [7, 11) is 0. The van der Waals surface area contributed by atoms with Gasteiger partial charge in [-0.3, -0.25) is 4.79 Å². The largest absolute Gasteiger partial charge is 0.298 e. The molecule has 64 valence electrons. The summed E-state index contributed by atoms with van der Waals surface area (Å²) in [5.41, 5.74) is 0.200. The van der Waals surface area contributed by atoms with Crippen LogP contribution in [0.15, 0.2) is 0 Å². The first-order chi connectivity index (χ1) is 5.06. The van der Waals surface area contributed by atoms with Crippen molar-refractivity contribution in [2.45, 2.75) is 33.1 Å². The van der Waals surface area contributed by atoms with E-state index in [1.165, 1.54) is 12.8 Å². The summed E-state index contributed by atoms with van der Waals surface area (Å²) in [4.78, 5) is 11.0. The van der Waals surface area contributed by atoms with Gasteiger partial charge in [-0.05, 0) is 24.2 Å². The lowest BCUT2D eigenvalue weighted by Crippen LogP contribution is -2.19.